The predicted molar refractivity (Wildman–Crippen MR) is 327 cm³/mol. The first-order chi connectivity index (χ1) is 42.5. The Labute approximate surface area is 517 Å². The number of nitrogens with zero attached hydrogens (tertiary/aromatic N) is 8. The zero-order valence-corrected chi connectivity index (χ0v) is 51.3. The van der Waals surface area contributed by atoms with Gasteiger partial charge in [0, 0.05) is 110 Å². The molecule has 488 valence electrons. The molecule has 7 N–H and O–H groups in total. The maximum atomic E-state index is 14.2. The number of aliphatic imine (C=N–C) groups is 1. The van der Waals surface area contributed by atoms with Gasteiger partial charge in [-0.3, -0.25) is 72.7 Å². The number of amides is 6. The normalized spacial score (nSPS) is 18.3. The minimum Gasteiger partial charge on any atom is -0.494 e. The number of rotatable bonds is 30. The van der Waals surface area contributed by atoms with Crippen LogP contribution in [0.5, 0.6) is 5.75 Å². The number of fused-ring (bicyclic) bond motifs is 1. The van der Waals surface area contributed by atoms with E-state index in [2.05, 4.69) is 31.2 Å². The van der Waals surface area contributed by atoms with Crippen molar-refractivity contribution in [1.82, 2.24) is 55.7 Å². The Morgan fingerprint density at radius 1 is 0.742 bits per heavy atom. The van der Waals surface area contributed by atoms with E-state index in [0.29, 0.717) is 87.8 Å². The molecule has 1 unspecified atom stereocenters. The van der Waals surface area contributed by atoms with Gasteiger partial charge in [-0.25, -0.2) is 8.78 Å². The Morgan fingerprint density at radius 3 is 1.94 bits per heavy atom. The molecule has 3 atom stereocenters. The minimum atomic E-state index is -3.06. The van der Waals surface area contributed by atoms with Crippen molar-refractivity contribution >= 4 is 70.5 Å². The third kappa shape index (κ3) is 24.3. The second-order valence-electron chi connectivity index (χ2n) is 23.4. The molecule has 6 amide bonds. The van der Waals surface area contributed by atoms with E-state index in [0.717, 1.165) is 28.9 Å². The van der Waals surface area contributed by atoms with Gasteiger partial charge >= 0.3 is 17.9 Å². The van der Waals surface area contributed by atoms with Crippen LogP contribution in [0.4, 0.5) is 8.78 Å². The Morgan fingerprint density at radius 2 is 1.35 bits per heavy atom. The summed E-state index contributed by atoms with van der Waals surface area (Å²) in [4.78, 5) is 134. The van der Waals surface area contributed by atoms with Gasteiger partial charge in [0.1, 0.15) is 17.8 Å². The third-order valence-electron chi connectivity index (χ3n) is 16.2. The fraction of sp³-hybridized carbons (Fsp3) is 0.597. The Bertz CT molecular complexity index is 2880. The highest BCUT2D eigenvalue weighted by atomic mass is 19.3. The fourth-order valence-corrected chi connectivity index (χ4v) is 11.3. The van der Waals surface area contributed by atoms with Gasteiger partial charge in [0.05, 0.1) is 63.0 Å². The van der Waals surface area contributed by atoms with Crippen molar-refractivity contribution < 1.29 is 72.0 Å². The molecule has 25 nitrogen and oxygen atoms in total. The number of aromatic nitrogens is 1. The Kier molecular flexibility index (Phi) is 28.0. The highest BCUT2D eigenvalue weighted by Crippen LogP contribution is 2.31. The van der Waals surface area contributed by atoms with Crippen LogP contribution in [0, 0.1) is 12.8 Å². The quantitative estimate of drug-likeness (QED) is 0.0372. The zero-order chi connectivity index (χ0) is 64.5. The van der Waals surface area contributed by atoms with Crippen molar-refractivity contribution in [2.24, 2.45) is 10.9 Å². The number of aliphatic carboxylic acids is 3. The predicted octanol–water partition coefficient (Wildman–Crippen LogP) is 2.38. The van der Waals surface area contributed by atoms with Gasteiger partial charge in [-0.1, -0.05) is 29.8 Å². The molecule has 0 radical (unpaired) electrons. The molecule has 3 fully saturated rings. The number of benzene rings is 2. The van der Waals surface area contributed by atoms with Gasteiger partial charge in [0.15, 0.2) is 0 Å². The first-order valence-corrected chi connectivity index (χ1v) is 30.7. The van der Waals surface area contributed by atoms with Crippen LogP contribution in [0.15, 0.2) is 59.7 Å². The smallest absolute Gasteiger partial charge is 0.317 e. The van der Waals surface area contributed by atoms with Gasteiger partial charge in [0.25, 0.3) is 11.8 Å². The SMILES string of the molecule is C/N=C/[C@H]1CC(F)(F)CN1C(=O)CNC(=O)c1ccnc2ccc(OCCCC3CCN(C(=O)[C@H](C)NC(=O)C(CCCCNC(=O)CCCc4ccc(C)cc4)NC(=O)CN4CCN(CC(=O)O)CCN(CC(=O)O)CCN(CC(=O)O)CC4)CC3)cc12. The first kappa shape index (κ1) is 70.3. The highest BCUT2D eigenvalue weighted by molar-refractivity contribution is 6.07. The van der Waals surface area contributed by atoms with Crippen LogP contribution in [0.2, 0.25) is 0 Å². The molecule has 3 aromatic rings. The summed E-state index contributed by atoms with van der Waals surface area (Å²) >= 11 is 0. The maximum Gasteiger partial charge on any atom is 0.317 e. The van der Waals surface area contributed by atoms with E-state index in [-0.39, 0.29) is 108 Å². The number of hydrogen-bond acceptors (Lipinski definition) is 16. The summed E-state index contributed by atoms with van der Waals surface area (Å²) in [6.45, 7) is 4.32. The van der Waals surface area contributed by atoms with Gasteiger partial charge in [0.2, 0.25) is 29.5 Å². The molecule has 3 saturated heterocycles. The molecule has 0 spiro atoms. The van der Waals surface area contributed by atoms with Crippen LogP contribution in [0.25, 0.3) is 10.9 Å². The molecule has 3 aliphatic rings. The van der Waals surface area contributed by atoms with Crippen LogP contribution in [0.1, 0.15) is 92.6 Å². The summed E-state index contributed by atoms with van der Waals surface area (Å²) in [6, 6.07) is 11.9. The van der Waals surface area contributed by atoms with Gasteiger partial charge in [-0.2, -0.15) is 0 Å². The first-order valence-electron chi connectivity index (χ1n) is 30.7. The van der Waals surface area contributed by atoms with Crippen molar-refractivity contribution in [1.29, 1.82) is 0 Å². The van der Waals surface area contributed by atoms with Crippen LogP contribution >= 0.6 is 0 Å². The average Bonchev–Trinajstić information content (AvgIpc) is 3.00. The fourth-order valence-electron chi connectivity index (χ4n) is 11.3. The summed E-state index contributed by atoms with van der Waals surface area (Å²) < 4.78 is 34.4. The number of carboxylic acids is 3. The summed E-state index contributed by atoms with van der Waals surface area (Å²) in [5.41, 5.74) is 3.05. The standard InChI is InChI=1S/C62H88F2N12O13/c1-43-12-14-45(15-13-43)8-6-11-53(77)67-21-5-4-10-52(70-54(78)38-71-25-27-72(39-56(80)81)29-31-74(41-58(84)85)32-30-73(28-26-71)40-57(82)83)60(87)69-44(2)61(88)75-23-19-46(20-24-75)9-7-33-89-48-16-17-51-50(34-48)49(18-22-66-51)59(86)68-37-55(79)76-42-62(63,64)35-47(76)36-65-3/h12-18,22,34,36,44,46-47,52H,4-11,19-21,23-33,35,37-42H2,1-3H3,(H,67,77)(H,68,86)(H,69,87)(H,70,78)(H,80,81)(H,82,83)(H,84,85)/b65-36+/t44-,47+,52?/m0/s1. The lowest BCUT2D eigenvalue weighted by Gasteiger charge is -2.34. The average molecular weight is 1250 g/mol. The number of alkyl halides is 2. The molecule has 89 heavy (non-hydrogen) atoms. The highest BCUT2D eigenvalue weighted by Gasteiger charge is 2.46. The number of halogens is 2. The number of likely N-dealkylation sites (tertiary alicyclic amines) is 2. The molecule has 4 heterocycles. The van der Waals surface area contributed by atoms with Crippen LogP contribution in [0.3, 0.4) is 0 Å². The molecule has 0 bridgehead atoms. The monoisotopic (exact) mass is 1250 g/mol. The maximum absolute atomic E-state index is 14.2. The van der Waals surface area contributed by atoms with Crippen LogP contribution < -0.4 is 26.0 Å². The molecular weight excluding hydrogens is 1160 g/mol. The number of carboxylic acid groups (broad SMARTS) is 3. The number of carbonyl (C=O) groups excluding carboxylic acids is 6. The molecule has 2 aromatic carbocycles. The molecule has 1 aromatic heterocycles. The number of hydrogen-bond donors (Lipinski definition) is 7. The second-order valence-corrected chi connectivity index (χ2v) is 23.4. The lowest BCUT2D eigenvalue weighted by atomic mass is 9.92. The molecule has 27 heteroatoms. The van der Waals surface area contributed by atoms with Crippen LogP contribution in [-0.4, -0.2) is 258 Å². The third-order valence-corrected chi connectivity index (χ3v) is 16.2. The molecule has 3 aliphatic heterocycles. The topological polar surface area (TPSA) is 316 Å². The lowest BCUT2D eigenvalue weighted by Crippen LogP contribution is -2.55. The van der Waals surface area contributed by atoms with Crippen LogP contribution in [-0.2, 0) is 44.8 Å². The van der Waals surface area contributed by atoms with Crippen molar-refractivity contribution in [2.45, 2.75) is 109 Å². The van der Waals surface area contributed by atoms with Gasteiger partial charge < -0.3 is 51.1 Å². The van der Waals surface area contributed by atoms with E-state index in [9.17, 15) is 67.3 Å². The number of carbonyl (C=O) groups is 9. The van der Waals surface area contributed by atoms with Gasteiger partial charge in [-0.15, -0.1) is 0 Å². The number of ether oxygens (including phenoxy) is 1. The zero-order valence-electron chi connectivity index (χ0n) is 51.3. The van der Waals surface area contributed by atoms with E-state index in [4.69, 9.17) is 4.74 Å². The summed E-state index contributed by atoms with van der Waals surface area (Å²) in [5.74, 6) is -8.25. The number of nitrogens with one attached hydrogen (secondary N) is 4. The van der Waals surface area contributed by atoms with E-state index in [1.165, 1.54) is 25.5 Å². The molecular formula is C62H88F2N12O13. The van der Waals surface area contributed by atoms with Gasteiger partial charge in [-0.05, 0) is 107 Å². The number of unbranched alkanes of at least 4 members (excludes halogenated alkanes) is 1. The van der Waals surface area contributed by atoms with Crippen molar-refractivity contribution in [3.63, 3.8) is 0 Å². The van der Waals surface area contributed by atoms with Crippen molar-refractivity contribution in [3.8, 4) is 5.75 Å². The summed E-state index contributed by atoms with van der Waals surface area (Å²) in [7, 11) is 1.44. The summed E-state index contributed by atoms with van der Waals surface area (Å²) in [5, 5.41) is 40.6. The van der Waals surface area contributed by atoms with Crippen molar-refractivity contribution in [3.05, 3.63) is 71.4 Å². The largest absolute Gasteiger partial charge is 0.494 e. The molecule has 6 rings (SSSR count). The number of pyridine rings is 1. The van der Waals surface area contributed by atoms with E-state index < -0.39 is 85.1 Å². The Balaban J connectivity index is 1.000. The number of aryl methyl sites for hydroxylation is 2. The van der Waals surface area contributed by atoms with E-state index in [1.54, 1.807) is 49.6 Å². The number of piperidine rings is 1. The molecule has 0 aliphatic carbocycles. The van der Waals surface area contributed by atoms with E-state index in [1.807, 2.05) is 31.2 Å². The summed E-state index contributed by atoms with van der Waals surface area (Å²) in [6.07, 6.45) is 8.03. The van der Waals surface area contributed by atoms with E-state index >= 15 is 0 Å². The Hall–Kier alpha value is -7.75. The molecule has 0 saturated carbocycles. The van der Waals surface area contributed by atoms with Crippen molar-refractivity contribution in [2.75, 3.05) is 125 Å². The minimum absolute atomic E-state index is 0.0972. The lowest BCUT2D eigenvalue weighted by molar-refractivity contribution is -0.140. The second kappa shape index (κ2) is 35.4.